The van der Waals surface area contributed by atoms with E-state index in [9.17, 15) is 9.59 Å². The van der Waals surface area contributed by atoms with Gasteiger partial charge in [-0.25, -0.2) is 9.48 Å². The van der Waals surface area contributed by atoms with Crippen molar-refractivity contribution < 1.29 is 19.0 Å². The number of ether oxygens (including phenoxy) is 3. The van der Waals surface area contributed by atoms with Gasteiger partial charge in [0.1, 0.15) is 12.3 Å². The van der Waals surface area contributed by atoms with Crippen molar-refractivity contribution in [2.75, 3.05) is 26.9 Å². The Kier molecular flexibility index (Phi) is 6.36. The summed E-state index contributed by atoms with van der Waals surface area (Å²) >= 11 is 0. The Morgan fingerprint density at radius 1 is 1.32 bits per heavy atom. The van der Waals surface area contributed by atoms with Gasteiger partial charge in [0, 0.05) is 40.1 Å². The zero-order chi connectivity index (χ0) is 20.3. The maximum atomic E-state index is 13.0. The second kappa shape index (κ2) is 8.58. The Labute approximate surface area is 165 Å². The van der Waals surface area contributed by atoms with Gasteiger partial charge < -0.3 is 18.8 Å². The molecule has 0 aromatic carbocycles. The number of hydrogen-bond donors (Lipinski definition) is 0. The average molecular weight is 408 g/mol. The molecule has 8 nitrogen and oxygen atoms in total. The van der Waals surface area contributed by atoms with Crippen LogP contribution in [-0.4, -0.2) is 55.3 Å². The molecular weight excluding hydrogens is 378 g/mol. The smallest absolute Gasteiger partial charge is 0.341 e. The standard InChI is InChI=1S/C19H29N3O5Si/c1-25-19(24)16-12-21(14-5-7-26-8-6-14)18(23)15-11-20-22(17(15)16)13-27-9-10-28(2,3)4/h11-12,14H,5-10,13H2,1-4H3. The van der Waals surface area contributed by atoms with E-state index in [1.807, 2.05) is 0 Å². The molecule has 0 saturated carbocycles. The Bertz CT molecular complexity index is 893. The Morgan fingerprint density at radius 3 is 2.68 bits per heavy atom. The number of hydrogen-bond acceptors (Lipinski definition) is 6. The van der Waals surface area contributed by atoms with Crippen LogP contribution in [0.4, 0.5) is 0 Å². The first kappa shape index (κ1) is 20.8. The lowest BCUT2D eigenvalue weighted by atomic mass is 10.1. The van der Waals surface area contributed by atoms with Gasteiger partial charge in [-0.15, -0.1) is 0 Å². The van der Waals surface area contributed by atoms with Gasteiger partial charge >= 0.3 is 5.97 Å². The van der Waals surface area contributed by atoms with E-state index in [4.69, 9.17) is 14.2 Å². The highest BCUT2D eigenvalue weighted by atomic mass is 28.3. The summed E-state index contributed by atoms with van der Waals surface area (Å²) < 4.78 is 19.3. The normalized spacial score (nSPS) is 15.9. The lowest BCUT2D eigenvalue weighted by Crippen LogP contribution is -2.30. The summed E-state index contributed by atoms with van der Waals surface area (Å²) in [5, 5.41) is 4.72. The van der Waals surface area contributed by atoms with Crippen LogP contribution >= 0.6 is 0 Å². The van der Waals surface area contributed by atoms with Crippen molar-refractivity contribution >= 4 is 24.9 Å². The van der Waals surface area contributed by atoms with Crippen molar-refractivity contribution in [1.29, 1.82) is 0 Å². The number of esters is 1. The first-order chi connectivity index (χ1) is 13.3. The highest BCUT2D eigenvalue weighted by Gasteiger charge is 2.24. The third-order valence-electron chi connectivity index (χ3n) is 5.03. The van der Waals surface area contributed by atoms with Crippen LogP contribution in [0.1, 0.15) is 29.2 Å². The summed E-state index contributed by atoms with van der Waals surface area (Å²) in [5.41, 5.74) is 0.644. The van der Waals surface area contributed by atoms with Crippen molar-refractivity contribution in [3.8, 4) is 0 Å². The van der Waals surface area contributed by atoms with Crippen molar-refractivity contribution in [1.82, 2.24) is 14.3 Å². The third kappa shape index (κ3) is 4.53. The van der Waals surface area contributed by atoms with E-state index in [2.05, 4.69) is 24.7 Å². The molecule has 2 aromatic heterocycles. The van der Waals surface area contributed by atoms with Crippen LogP contribution in [0.5, 0.6) is 0 Å². The van der Waals surface area contributed by atoms with Gasteiger partial charge in [0.15, 0.2) is 0 Å². The van der Waals surface area contributed by atoms with E-state index >= 15 is 0 Å². The van der Waals surface area contributed by atoms with Crippen molar-refractivity contribution in [3.05, 3.63) is 28.3 Å². The fraction of sp³-hybridized carbons (Fsp3) is 0.632. The third-order valence-corrected chi connectivity index (χ3v) is 6.73. The van der Waals surface area contributed by atoms with Crippen LogP contribution in [0.25, 0.3) is 10.9 Å². The topological polar surface area (TPSA) is 84.6 Å². The second-order valence-corrected chi connectivity index (χ2v) is 14.0. The van der Waals surface area contributed by atoms with Crippen LogP contribution in [0.3, 0.4) is 0 Å². The number of carbonyl (C=O) groups is 1. The predicted octanol–water partition coefficient (Wildman–Crippen LogP) is 2.65. The molecule has 2 aromatic rings. The van der Waals surface area contributed by atoms with E-state index in [0.29, 0.717) is 36.3 Å². The Balaban J connectivity index is 1.95. The Hall–Kier alpha value is -1.97. The number of fused-ring (bicyclic) bond motifs is 1. The van der Waals surface area contributed by atoms with E-state index in [-0.39, 0.29) is 18.3 Å². The van der Waals surface area contributed by atoms with Crippen LogP contribution in [0.2, 0.25) is 25.7 Å². The Morgan fingerprint density at radius 2 is 2.04 bits per heavy atom. The number of aromatic nitrogens is 3. The second-order valence-electron chi connectivity index (χ2n) is 8.34. The lowest BCUT2D eigenvalue weighted by Gasteiger charge is -2.24. The summed E-state index contributed by atoms with van der Waals surface area (Å²) in [7, 11) is 0.141. The van der Waals surface area contributed by atoms with Gasteiger partial charge in [-0.3, -0.25) is 4.79 Å². The molecule has 1 aliphatic rings. The molecule has 0 radical (unpaired) electrons. The number of methoxy groups -OCH3 is 1. The van der Waals surface area contributed by atoms with E-state index in [1.54, 1.807) is 15.4 Å². The zero-order valence-electron chi connectivity index (χ0n) is 17.1. The highest BCUT2D eigenvalue weighted by Crippen LogP contribution is 2.23. The molecule has 9 heteroatoms. The molecule has 0 N–H and O–H groups in total. The molecule has 0 atom stereocenters. The average Bonchev–Trinajstić information content (AvgIpc) is 3.09. The fourth-order valence-electron chi connectivity index (χ4n) is 3.35. The zero-order valence-corrected chi connectivity index (χ0v) is 18.1. The quantitative estimate of drug-likeness (QED) is 0.399. The largest absolute Gasteiger partial charge is 0.465 e. The first-order valence-corrected chi connectivity index (χ1v) is 13.4. The molecule has 1 aliphatic heterocycles. The molecular formula is C19H29N3O5Si. The number of nitrogens with zero attached hydrogens (tertiary/aromatic N) is 3. The molecule has 0 aliphatic carbocycles. The van der Waals surface area contributed by atoms with Gasteiger partial charge in [-0.2, -0.15) is 5.10 Å². The lowest BCUT2D eigenvalue weighted by molar-refractivity contribution is 0.0594. The summed E-state index contributed by atoms with van der Waals surface area (Å²) in [6, 6.07) is 1.04. The van der Waals surface area contributed by atoms with Gasteiger partial charge in [-0.05, 0) is 18.9 Å². The fourth-order valence-corrected chi connectivity index (χ4v) is 4.10. The summed E-state index contributed by atoms with van der Waals surface area (Å²) in [5.74, 6) is -0.491. The van der Waals surface area contributed by atoms with E-state index in [0.717, 1.165) is 18.9 Å². The molecule has 1 fully saturated rings. The van der Waals surface area contributed by atoms with Crippen LogP contribution in [0.15, 0.2) is 17.2 Å². The van der Waals surface area contributed by atoms with E-state index < -0.39 is 14.0 Å². The molecule has 3 heterocycles. The maximum absolute atomic E-state index is 13.0. The summed E-state index contributed by atoms with van der Waals surface area (Å²) in [4.78, 5) is 25.5. The highest BCUT2D eigenvalue weighted by molar-refractivity contribution is 6.76. The van der Waals surface area contributed by atoms with Gasteiger partial charge in [-0.1, -0.05) is 19.6 Å². The number of rotatable bonds is 7. The molecule has 1 saturated heterocycles. The van der Waals surface area contributed by atoms with Crippen LogP contribution in [0, 0.1) is 0 Å². The van der Waals surface area contributed by atoms with Crippen molar-refractivity contribution in [2.24, 2.45) is 0 Å². The predicted molar refractivity (Wildman–Crippen MR) is 109 cm³/mol. The van der Waals surface area contributed by atoms with Crippen LogP contribution < -0.4 is 5.56 Å². The molecule has 28 heavy (non-hydrogen) atoms. The minimum atomic E-state index is -1.20. The molecule has 3 rings (SSSR count). The summed E-state index contributed by atoms with van der Waals surface area (Å²) in [6.45, 7) is 8.89. The minimum absolute atomic E-state index is 0.00500. The molecule has 154 valence electrons. The van der Waals surface area contributed by atoms with Gasteiger partial charge in [0.25, 0.3) is 5.56 Å². The van der Waals surface area contributed by atoms with Crippen molar-refractivity contribution in [2.45, 2.75) is 51.3 Å². The first-order valence-electron chi connectivity index (χ1n) is 9.66. The molecule has 0 unspecified atom stereocenters. The maximum Gasteiger partial charge on any atom is 0.341 e. The van der Waals surface area contributed by atoms with Gasteiger partial charge in [0.2, 0.25) is 0 Å². The SMILES string of the molecule is COC(=O)c1cn(C2CCOCC2)c(=O)c2cnn(COCC[Si](C)(C)C)c12. The number of pyridine rings is 1. The minimum Gasteiger partial charge on any atom is -0.465 e. The number of carbonyl (C=O) groups excluding carboxylic acids is 1. The molecule has 0 bridgehead atoms. The van der Waals surface area contributed by atoms with Crippen LogP contribution in [-0.2, 0) is 20.9 Å². The molecule has 0 amide bonds. The van der Waals surface area contributed by atoms with Gasteiger partial charge in [0.05, 0.1) is 24.2 Å². The summed E-state index contributed by atoms with van der Waals surface area (Å²) in [6.07, 6.45) is 4.59. The van der Waals surface area contributed by atoms with E-state index in [1.165, 1.54) is 13.3 Å². The van der Waals surface area contributed by atoms with Crippen molar-refractivity contribution in [3.63, 3.8) is 0 Å². The molecule has 0 spiro atoms. The monoisotopic (exact) mass is 407 g/mol.